The maximum atomic E-state index is 15.2. The van der Waals surface area contributed by atoms with Crippen molar-refractivity contribution in [3.63, 3.8) is 0 Å². The highest BCUT2D eigenvalue weighted by Gasteiger charge is 2.34. The number of amides is 1. The molecule has 7 nitrogen and oxygen atoms in total. The highest BCUT2D eigenvalue weighted by atomic mass is 35.5. The zero-order chi connectivity index (χ0) is 29.0. The van der Waals surface area contributed by atoms with Gasteiger partial charge in [-0.25, -0.2) is 18.0 Å². The second-order valence-electron chi connectivity index (χ2n) is 10.8. The van der Waals surface area contributed by atoms with E-state index in [-0.39, 0.29) is 22.5 Å². The number of likely N-dealkylation sites (tertiary alicyclic amines) is 1. The molecule has 2 fully saturated rings. The molecule has 0 bridgehead atoms. The molecule has 2 unspecified atom stereocenters. The zero-order valence-corrected chi connectivity index (χ0v) is 24.1. The Morgan fingerprint density at radius 2 is 1.93 bits per heavy atom. The second-order valence-corrected chi connectivity index (χ2v) is 12.2. The van der Waals surface area contributed by atoms with E-state index >= 15 is 4.39 Å². The summed E-state index contributed by atoms with van der Waals surface area (Å²) in [5, 5.41) is 0.543. The number of halogens is 4. The van der Waals surface area contributed by atoms with Crippen LogP contribution < -0.4 is 10.6 Å². The van der Waals surface area contributed by atoms with Crippen molar-refractivity contribution in [2.75, 3.05) is 56.5 Å². The minimum Gasteiger partial charge on any atom is -0.352 e. The summed E-state index contributed by atoms with van der Waals surface area (Å²) in [6, 6.07) is 3.69. The lowest BCUT2D eigenvalue weighted by atomic mass is 9.96. The smallest absolute Gasteiger partial charge is 0.350 e. The molecule has 2 saturated heterocycles. The Morgan fingerprint density at radius 1 is 1.17 bits per heavy atom. The molecule has 0 N–H and O–H groups in total. The number of rotatable bonds is 5. The number of alkyl halides is 1. The molecule has 1 amide bonds. The Balaban J connectivity index is 1.53. The van der Waals surface area contributed by atoms with E-state index < -0.39 is 23.5 Å². The Labute approximate surface area is 244 Å². The fraction of sp³-hybridized carbons (Fsp3) is 0.414. The third-order valence-corrected chi connectivity index (χ3v) is 9.68. The predicted octanol–water partition coefficient (Wildman–Crippen LogP) is 4.83. The summed E-state index contributed by atoms with van der Waals surface area (Å²) in [6.07, 6.45) is 0.867. The molecule has 3 aromatic rings. The van der Waals surface area contributed by atoms with Crippen molar-refractivity contribution in [1.82, 2.24) is 19.4 Å². The first-order valence-corrected chi connectivity index (χ1v) is 14.9. The molecule has 1 aromatic heterocycles. The van der Waals surface area contributed by atoms with Crippen molar-refractivity contribution in [3.05, 3.63) is 63.6 Å². The van der Waals surface area contributed by atoms with Crippen LogP contribution in [0.25, 0.3) is 22.0 Å². The first kappa shape index (κ1) is 28.1. The van der Waals surface area contributed by atoms with E-state index in [0.29, 0.717) is 79.8 Å². The van der Waals surface area contributed by atoms with E-state index in [2.05, 4.69) is 11.6 Å². The molecule has 6 rings (SSSR count). The largest absolute Gasteiger partial charge is 0.352 e. The highest BCUT2D eigenvalue weighted by Crippen LogP contribution is 2.47. The van der Waals surface area contributed by atoms with Crippen molar-refractivity contribution in [2.45, 2.75) is 30.5 Å². The normalized spacial score (nSPS) is 21.1. The van der Waals surface area contributed by atoms with Crippen molar-refractivity contribution in [3.8, 4) is 11.1 Å². The third-order valence-electron chi connectivity index (χ3n) is 8.16. The van der Waals surface area contributed by atoms with Crippen LogP contribution in [0, 0.1) is 18.6 Å². The maximum Gasteiger partial charge on any atom is 0.350 e. The predicted molar refractivity (Wildman–Crippen MR) is 156 cm³/mol. The standard InChI is InChI=1S/C29H29ClF3N5O2S/c1-3-24(39)36-6-8-37(9-7-36)28-20-10-16(2)25(19-11-21(30)23(33)12-22(19)32)27-26(20)38(29(40)34-28)18(15-41-27)14-35-5-4-17(31)13-35/h3,10-12,17-18H,1,4-9,13-15H2,2H3. The van der Waals surface area contributed by atoms with Crippen LogP contribution in [-0.4, -0.2) is 83.0 Å². The van der Waals surface area contributed by atoms with E-state index in [1.165, 1.54) is 23.9 Å². The first-order chi connectivity index (χ1) is 19.7. The lowest BCUT2D eigenvalue weighted by Gasteiger charge is -2.37. The second kappa shape index (κ2) is 11.0. The monoisotopic (exact) mass is 603 g/mol. The number of anilines is 1. The van der Waals surface area contributed by atoms with Crippen molar-refractivity contribution in [1.29, 1.82) is 0 Å². The fourth-order valence-corrected chi connectivity index (χ4v) is 7.70. The van der Waals surface area contributed by atoms with Gasteiger partial charge in [0.1, 0.15) is 23.6 Å². The summed E-state index contributed by atoms with van der Waals surface area (Å²) in [5.74, 6) is -0.725. The number of carbonyl (C=O) groups is 1. The number of carbonyl (C=O) groups excluding carboxylic acids is 1. The number of hydrogen-bond acceptors (Lipinski definition) is 6. The molecule has 3 aliphatic rings. The fourth-order valence-electron chi connectivity index (χ4n) is 6.16. The molecule has 0 spiro atoms. The summed E-state index contributed by atoms with van der Waals surface area (Å²) >= 11 is 7.59. The number of nitrogens with zero attached hydrogens (tertiary/aromatic N) is 5. The van der Waals surface area contributed by atoms with Gasteiger partial charge in [-0.2, -0.15) is 4.98 Å². The summed E-state index contributed by atoms with van der Waals surface area (Å²) in [6.45, 7) is 8.71. The quantitative estimate of drug-likeness (QED) is 0.308. The van der Waals surface area contributed by atoms with Crippen LogP contribution in [0.3, 0.4) is 0 Å². The summed E-state index contributed by atoms with van der Waals surface area (Å²) < 4.78 is 44.9. The molecular formula is C29H29ClF3N5O2S. The van der Waals surface area contributed by atoms with Gasteiger partial charge in [0, 0.05) is 79.0 Å². The molecule has 2 atom stereocenters. The van der Waals surface area contributed by atoms with Gasteiger partial charge in [0.25, 0.3) is 0 Å². The number of aryl methyl sites for hydroxylation is 1. The number of benzene rings is 2. The van der Waals surface area contributed by atoms with E-state index in [0.717, 1.165) is 17.0 Å². The van der Waals surface area contributed by atoms with Crippen LogP contribution >= 0.6 is 23.4 Å². The third kappa shape index (κ3) is 5.02. The van der Waals surface area contributed by atoms with Crippen LogP contribution in [0.5, 0.6) is 0 Å². The minimum atomic E-state index is -0.886. The van der Waals surface area contributed by atoms with Crippen molar-refractivity contribution >= 4 is 46.0 Å². The molecule has 4 heterocycles. The lowest BCUT2D eigenvalue weighted by molar-refractivity contribution is -0.126. The van der Waals surface area contributed by atoms with Gasteiger partial charge in [0.05, 0.1) is 16.6 Å². The zero-order valence-electron chi connectivity index (χ0n) is 22.5. The lowest BCUT2D eigenvalue weighted by Crippen LogP contribution is -2.49. The highest BCUT2D eigenvalue weighted by molar-refractivity contribution is 7.99. The summed E-state index contributed by atoms with van der Waals surface area (Å²) in [7, 11) is 0. The van der Waals surface area contributed by atoms with Crippen LogP contribution in [-0.2, 0) is 4.79 Å². The van der Waals surface area contributed by atoms with Gasteiger partial charge >= 0.3 is 5.69 Å². The molecule has 0 radical (unpaired) electrons. The van der Waals surface area contributed by atoms with Gasteiger partial charge in [-0.05, 0) is 37.1 Å². The molecule has 41 heavy (non-hydrogen) atoms. The number of piperazine rings is 1. The molecule has 0 saturated carbocycles. The number of thioether (sulfide) groups is 1. The van der Waals surface area contributed by atoms with E-state index in [1.807, 2.05) is 22.8 Å². The summed E-state index contributed by atoms with van der Waals surface area (Å²) in [4.78, 5) is 36.9. The Kier molecular flexibility index (Phi) is 7.54. The van der Waals surface area contributed by atoms with Crippen LogP contribution in [0.1, 0.15) is 18.0 Å². The van der Waals surface area contributed by atoms with Crippen molar-refractivity contribution < 1.29 is 18.0 Å². The molecule has 216 valence electrons. The minimum absolute atomic E-state index is 0.147. The molecule has 2 aromatic carbocycles. The van der Waals surface area contributed by atoms with Crippen LogP contribution in [0.15, 0.2) is 40.5 Å². The molecule has 12 heteroatoms. The maximum absolute atomic E-state index is 15.2. The average Bonchev–Trinajstić information content (AvgIpc) is 3.37. The van der Waals surface area contributed by atoms with Gasteiger partial charge in [0.15, 0.2) is 0 Å². The van der Waals surface area contributed by atoms with Crippen LogP contribution in [0.2, 0.25) is 5.02 Å². The van der Waals surface area contributed by atoms with E-state index in [1.54, 1.807) is 9.47 Å². The van der Waals surface area contributed by atoms with Gasteiger partial charge in [-0.3, -0.25) is 14.3 Å². The average molecular weight is 604 g/mol. The molecule has 3 aliphatic heterocycles. The summed E-state index contributed by atoms with van der Waals surface area (Å²) in [5.41, 5.74) is 1.63. The molecule has 0 aliphatic carbocycles. The van der Waals surface area contributed by atoms with Gasteiger partial charge in [-0.1, -0.05) is 18.2 Å². The van der Waals surface area contributed by atoms with E-state index in [9.17, 15) is 18.4 Å². The SMILES string of the molecule is C=CC(=O)N1CCN(c2nc(=O)n3c4c(c(-c5cc(Cl)c(F)cc5F)c(C)cc24)SCC3CN2CCC(F)C2)CC1. The Morgan fingerprint density at radius 3 is 2.61 bits per heavy atom. The first-order valence-electron chi connectivity index (χ1n) is 13.6. The Bertz CT molecular complexity index is 1620. The number of hydrogen-bond donors (Lipinski definition) is 0. The topological polar surface area (TPSA) is 61.7 Å². The van der Waals surface area contributed by atoms with Gasteiger partial charge in [-0.15, -0.1) is 11.8 Å². The van der Waals surface area contributed by atoms with Gasteiger partial charge < -0.3 is 9.80 Å². The van der Waals surface area contributed by atoms with Gasteiger partial charge in [0.2, 0.25) is 5.91 Å². The van der Waals surface area contributed by atoms with Crippen molar-refractivity contribution in [2.24, 2.45) is 0 Å². The van der Waals surface area contributed by atoms with E-state index in [4.69, 9.17) is 11.6 Å². The van der Waals surface area contributed by atoms with Crippen LogP contribution in [0.4, 0.5) is 19.0 Å². The Hall–Kier alpha value is -3.02. The number of aromatic nitrogens is 2. The molecular weight excluding hydrogens is 575 g/mol.